The summed E-state index contributed by atoms with van der Waals surface area (Å²) >= 11 is 0. The van der Waals surface area contributed by atoms with Crippen LogP contribution >= 0.6 is 0 Å². The molecule has 0 spiro atoms. The van der Waals surface area contributed by atoms with Crippen molar-refractivity contribution in [3.63, 3.8) is 0 Å². The highest BCUT2D eigenvalue weighted by Gasteiger charge is 2.33. The van der Waals surface area contributed by atoms with Gasteiger partial charge in [-0.3, -0.25) is 14.5 Å². The van der Waals surface area contributed by atoms with E-state index in [-0.39, 0.29) is 18.4 Å². The Hall–Kier alpha value is -2.24. The number of carbonyl (C=O) groups is 2. The van der Waals surface area contributed by atoms with Crippen molar-refractivity contribution in [1.82, 2.24) is 5.32 Å². The lowest BCUT2D eigenvalue weighted by Crippen LogP contribution is -2.49. The number of para-hydroxylation sites is 1. The molecule has 2 rings (SSSR count). The number of rotatable bonds is 5. The van der Waals surface area contributed by atoms with Gasteiger partial charge in [-0.15, -0.1) is 0 Å². The van der Waals surface area contributed by atoms with Crippen LogP contribution in [0.2, 0.25) is 0 Å². The molecule has 2 amide bonds. The number of nitrogens with two attached hydrogens (primary N) is 1. The minimum atomic E-state index is -0.622. The maximum Gasteiger partial charge on any atom is 0.268 e. The molecule has 1 atom stereocenters. The van der Waals surface area contributed by atoms with Gasteiger partial charge >= 0.3 is 0 Å². The van der Waals surface area contributed by atoms with Crippen molar-refractivity contribution in [2.75, 3.05) is 23.7 Å². The average molecular weight is 291 g/mol. The maximum absolute atomic E-state index is 12.3. The van der Waals surface area contributed by atoms with Gasteiger partial charge in [-0.1, -0.05) is 19.4 Å². The molecule has 21 heavy (non-hydrogen) atoms. The molecule has 0 saturated carbocycles. The Morgan fingerprint density at radius 1 is 1.48 bits per heavy atom. The molecular formula is C15H21N3O3. The highest BCUT2D eigenvalue weighted by Crippen LogP contribution is 2.38. The summed E-state index contributed by atoms with van der Waals surface area (Å²) in [5, 5.41) is 2.80. The number of fused-ring (bicyclic) bond motifs is 1. The SMILES string of the molecule is CCCCNC(=O)CN1C(=O)C(C)Oc2cccc(N)c21. The minimum absolute atomic E-state index is 0.0442. The Morgan fingerprint density at radius 2 is 2.24 bits per heavy atom. The number of amides is 2. The summed E-state index contributed by atoms with van der Waals surface area (Å²) in [6, 6.07) is 5.19. The van der Waals surface area contributed by atoms with E-state index in [0.717, 1.165) is 12.8 Å². The number of unbranched alkanes of at least 4 members (excludes halogenated alkanes) is 1. The number of nitrogen functional groups attached to an aromatic ring is 1. The molecule has 6 nitrogen and oxygen atoms in total. The zero-order valence-electron chi connectivity index (χ0n) is 12.4. The van der Waals surface area contributed by atoms with E-state index in [0.29, 0.717) is 23.7 Å². The van der Waals surface area contributed by atoms with Crippen LogP contribution in [0.25, 0.3) is 0 Å². The molecular weight excluding hydrogens is 270 g/mol. The molecule has 0 aromatic heterocycles. The maximum atomic E-state index is 12.3. The largest absolute Gasteiger partial charge is 0.479 e. The topological polar surface area (TPSA) is 84.7 Å². The van der Waals surface area contributed by atoms with E-state index >= 15 is 0 Å². The number of hydrogen-bond acceptors (Lipinski definition) is 4. The fraction of sp³-hybridized carbons (Fsp3) is 0.467. The van der Waals surface area contributed by atoms with E-state index in [4.69, 9.17) is 10.5 Å². The molecule has 0 fully saturated rings. The van der Waals surface area contributed by atoms with Gasteiger partial charge in [-0.25, -0.2) is 0 Å². The van der Waals surface area contributed by atoms with Crippen molar-refractivity contribution < 1.29 is 14.3 Å². The van der Waals surface area contributed by atoms with Crippen LogP contribution < -0.4 is 20.7 Å². The minimum Gasteiger partial charge on any atom is -0.479 e. The van der Waals surface area contributed by atoms with E-state index < -0.39 is 6.10 Å². The van der Waals surface area contributed by atoms with E-state index in [9.17, 15) is 9.59 Å². The zero-order valence-corrected chi connectivity index (χ0v) is 12.4. The first kappa shape index (κ1) is 15.2. The summed E-state index contributed by atoms with van der Waals surface area (Å²) in [5.74, 6) is 0.0783. The summed E-state index contributed by atoms with van der Waals surface area (Å²) in [6.45, 7) is 4.28. The number of carbonyl (C=O) groups excluding carboxylic acids is 2. The Kier molecular flexibility index (Phi) is 4.67. The second-order valence-corrected chi connectivity index (χ2v) is 5.08. The van der Waals surface area contributed by atoms with Crippen LogP contribution in [0.1, 0.15) is 26.7 Å². The molecule has 1 aromatic carbocycles. The molecule has 114 valence electrons. The van der Waals surface area contributed by atoms with Crippen LogP contribution in [0.3, 0.4) is 0 Å². The van der Waals surface area contributed by atoms with E-state index in [2.05, 4.69) is 12.2 Å². The van der Waals surface area contributed by atoms with Gasteiger partial charge in [0.05, 0.1) is 5.69 Å². The standard InChI is InChI=1S/C15H21N3O3/c1-3-4-8-17-13(19)9-18-14-11(16)6-5-7-12(14)21-10(2)15(18)20/h5-7,10H,3-4,8-9,16H2,1-2H3,(H,17,19). The molecule has 0 radical (unpaired) electrons. The lowest BCUT2D eigenvalue weighted by Gasteiger charge is -2.33. The van der Waals surface area contributed by atoms with Crippen molar-refractivity contribution in [2.45, 2.75) is 32.8 Å². The number of nitrogens with zero attached hydrogens (tertiary/aromatic N) is 1. The van der Waals surface area contributed by atoms with Crippen LogP contribution in [0.5, 0.6) is 5.75 Å². The van der Waals surface area contributed by atoms with Crippen LogP contribution in [-0.4, -0.2) is 31.0 Å². The highest BCUT2D eigenvalue weighted by molar-refractivity contribution is 6.06. The van der Waals surface area contributed by atoms with Crippen molar-refractivity contribution in [1.29, 1.82) is 0 Å². The van der Waals surface area contributed by atoms with E-state index in [1.807, 2.05) is 0 Å². The van der Waals surface area contributed by atoms with Gasteiger partial charge < -0.3 is 15.8 Å². The molecule has 3 N–H and O–H groups in total. The molecule has 1 aliphatic rings. The third-order valence-electron chi connectivity index (χ3n) is 3.37. The first-order chi connectivity index (χ1) is 10.0. The number of ether oxygens (including phenoxy) is 1. The van der Waals surface area contributed by atoms with Gasteiger partial charge in [0.15, 0.2) is 6.10 Å². The molecule has 1 unspecified atom stereocenters. The van der Waals surface area contributed by atoms with Crippen LogP contribution in [0, 0.1) is 0 Å². The molecule has 1 heterocycles. The van der Waals surface area contributed by atoms with E-state index in [1.165, 1.54) is 4.90 Å². The van der Waals surface area contributed by atoms with Gasteiger partial charge in [-0.2, -0.15) is 0 Å². The Balaban J connectivity index is 2.18. The number of anilines is 2. The zero-order chi connectivity index (χ0) is 15.4. The van der Waals surface area contributed by atoms with Gasteiger partial charge in [0.2, 0.25) is 5.91 Å². The second kappa shape index (κ2) is 6.47. The quantitative estimate of drug-likeness (QED) is 0.632. The molecule has 6 heteroatoms. The van der Waals surface area contributed by atoms with Gasteiger partial charge in [0.1, 0.15) is 18.0 Å². The van der Waals surface area contributed by atoms with Gasteiger partial charge in [0.25, 0.3) is 5.91 Å². The lowest BCUT2D eigenvalue weighted by atomic mass is 10.1. The van der Waals surface area contributed by atoms with Gasteiger partial charge in [0, 0.05) is 6.54 Å². The van der Waals surface area contributed by atoms with Gasteiger partial charge in [-0.05, 0) is 25.5 Å². The Morgan fingerprint density at radius 3 is 2.95 bits per heavy atom. The van der Waals surface area contributed by atoms with Crippen molar-refractivity contribution in [2.24, 2.45) is 0 Å². The fourth-order valence-corrected chi connectivity index (χ4v) is 2.25. The van der Waals surface area contributed by atoms with Crippen LogP contribution in [0.15, 0.2) is 18.2 Å². The molecule has 0 aliphatic carbocycles. The first-order valence-corrected chi connectivity index (χ1v) is 7.17. The third kappa shape index (κ3) is 3.26. The summed E-state index contributed by atoms with van der Waals surface area (Å²) in [6.07, 6.45) is 1.30. The first-order valence-electron chi connectivity index (χ1n) is 7.17. The smallest absolute Gasteiger partial charge is 0.268 e. The second-order valence-electron chi connectivity index (χ2n) is 5.08. The Bertz CT molecular complexity index is 545. The summed E-state index contributed by atoms with van der Waals surface area (Å²) in [4.78, 5) is 25.6. The molecule has 1 aromatic rings. The van der Waals surface area contributed by atoms with Crippen LogP contribution in [0.4, 0.5) is 11.4 Å². The third-order valence-corrected chi connectivity index (χ3v) is 3.37. The summed E-state index contributed by atoms with van der Waals surface area (Å²) in [7, 11) is 0. The monoisotopic (exact) mass is 291 g/mol. The summed E-state index contributed by atoms with van der Waals surface area (Å²) in [5.41, 5.74) is 6.83. The molecule has 1 aliphatic heterocycles. The predicted molar refractivity (Wildman–Crippen MR) is 81.2 cm³/mol. The number of nitrogens with one attached hydrogen (secondary N) is 1. The van der Waals surface area contributed by atoms with Crippen LogP contribution in [-0.2, 0) is 9.59 Å². The number of hydrogen-bond donors (Lipinski definition) is 2. The number of benzene rings is 1. The predicted octanol–water partition coefficient (Wildman–Crippen LogP) is 1.30. The molecule has 0 bridgehead atoms. The molecule has 0 saturated heterocycles. The van der Waals surface area contributed by atoms with Crippen molar-refractivity contribution in [3.8, 4) is 5.75 Å². The normalized spacial score (nSPS) is 17.1. The Labute approximate surface area is 124 Å². The van der Waals surface area contributed by atoms with E-state index in [1.54, 1.807) is 25.1 Å². The lowest BCUT2D eigenvalue weighted by molar-refractivity contribution is -0.128. The summed E-state index contributed by atoms with van der Waals surface area (Å²) < 4.78 is 5.53. The highest BCUT2D eigenvalue weighted by atomic mass is 16.5. The average Bonchev–Trinajstić information content (AvgIpc) is 2.44. The van der Waals surface area contributed by atoms with Crippen molar-refractivity contribution in [3.05, 3.63) is 18.2 Å². The fourth-order valence-electron chi connectivity index (χ4n) is 2.25. The van der Waals surface area contributed by atoms with Crippen molar-refractivity contribution >= 4 is 23.2 Å².